The van der Waals surface area contributed by atoms with E-state index in [4.69, 9.17) is 10.6 Å². The maximum Gasteiger partial charge on any atom is 0.0575 e. The van der Waals surface area contributed by atoms with E-state index in [0.717, 1.165) is 19.3 Å². The zero-order valence-electron chi connectivity index (χ0n) is 12.4. The third kappa shape index (κ3) is 3.21. The lowest BCUT2D eigenvalue weighted by Gasteiger charge is -2.54. The number of hydrogen-bond acceptors (Lipinski definition) is 3. The van der Waals surface area contributed by atoms with E-state index in [2.05, 4.69) is 39.7 Å². The number of nitrogens with zero attached hydrogens (tertiary/aromatic N) is 1. The minimum absolute atomic E-state index is 0.0620. The fraction of sp³-hybridized carbons (Fsp3) is 1.00. The highest BCUT2D eigenvalue weighted by atomic mass is 16.7. The van der Waals surface area contributed by atoms with E-state index >= 15 is 0 Å². The summed E-state index contributed by atoms with van der Waals surface area (Å²) in [5.41, 5.74) is 6.45. The van der Waals surface area contributed by atoms with Gasteiger partial charge in [-0.05, 0) is 52.9 Å². The molecule has 3 heteroatoms. The van der Waals surface area contributed by atoms with Gasteiger partial charge in [0.05, 0.1) is 7.11 Å². The Kier molecular flexibility index (Phi) is 4.61. The van der Waals surface area contributed by atoms with Crippen LogP contribution in [0, 0.1) is 5.92 Å². The molecule has 0 aromatic rings. The molecule has 102 valence electrons. The van der Waals surface area contributed by atoms with Crippen molar-refractivity contribution in [2.75, 3.05) is 7.11 Å². The number of piperidine rings is 1. The molecular weight excluding hydrogens is 212 g/mol. The molecule has 3 nitrogen and oxygen atoms in total. The molecule has 0 aromatic heterocycles. The number of nitrogens with two attached hydrogens (primary N) is 1. The normalized spacial score (nSPS) is 27.0. The molecule has 0 aromatic carbocycles. The predicted octanol–water partition coefficient (Wildman–Crippen LogP) is 2.94. The Balaban J connectivity index is 2.83. The average molecular weight is 242 g/mol. The zero-order valence-corrected chi connectivity index (χ0v) is 12.4. The maximum atomic E-state index is 6.33. The molecule has 1 aliphatic rings. The van der Waals surface area contributed by atoms with E-state index in [1.165, 1.54) is 6.42 Å². The van der Waals surface area contributed by atoms with Crippen LogP contribution in [0.5, 0.6) is 0 Å². The summed E-state index contributed by atoms with van der Waals surface area (Å²) in [5.74, 6) is 0.603. The van der Waals surface area contributed by atoms with E-state index in [9.17, 15) is 0 Å². The van der Waals surface area contributed by atoms with Crippen LogP contribution in [0.15, 0.2) is 0 Å². The van der Waals surface area contributed by atoms with E-state index in [1.54, 1.807) is 7.11 Å². The van der Waals surface area contributed by atoms with Crippen LogP contribution >= 0.6 is 0 Å². The molecule has 0 bridgehead atoms. The highest BCUT2D eigenvalue weighted by molar-refractivity contribution is 4.98. The summed E-state index contributed by atoms with van der Waals surface area (Å²) < 4.78 is 0. The van der Waals surface area contributed by atoms with Crippen molar-refractivity contribution in [3.8, 4) is 0 Å². The predicted molar refractivity (Wildman–Crippen MR) is 72.6 cm³/mol. The first-order valence-corrected chi connectivity index (χ1v) is 6.84. The van der Waals surface area contributed by atoms with E-state index in [0.29, 0.717) is 12.0 Å². The van der Waals surface area contributed by atoms with Crippen molar-refractivity contribution >= 4 is 0 Å². The van der Waals surface area contributed by atoms with Crippen LogP contribution in [-0.2, 0) is 4.84 Å². The molecule has 0 saturated carbocycles. The SMILES string of the molecule is CCCC(N)C1CC(C)(C)N(OC)C(C)(C)C1. The van der Waals surface area contributed by atoms with Gasteiger partial charge in [0.25, 0.3) is 0 Å². The molecule has 1 saturated heterocycles. The van der Waals surface area contributed by atoms with Gasteiger partial charge in [-0.15, -0.1) is 0 Å². The molecular formula is C14H30N2O. The van der Waals surface area contributed by atoms with Gasteiger partial charge < -0.3 is 10.6 Å². The fourth-order valence-electron chi connectivity index (χ4n) is 3.71. The molecule has 0 radical (unpaired) electrons. The summed E-state index contributed by atoms with van der Waals surface area (Å²) in [6.07, 6.45) is 4.53. The van der Waals surface area contributed by atoms with Crippen molar-refractivity contribution in [3.63, 3.8) is 0 Å². The Morgan fingerprint density at radius 1 is 1.24 bits per heavy atom. The van der Waals surface area contributed by atoms with E-state index in [-0.39, 0.29) is 11.1 Å². The maximum absolute atomic E-state index is 6.33. The second-order valence-corrected chi connectivity index (χ2v) is 6.72. The summed E-state index contributed by atoms with van der Waals surface area (Å²) in [5, 5.41) is 2.15. The van der Waals surface area contributed by atoms with Gasteiger partial charge in [-0.25, -0.2) is 0 Å². The van der Waals surface area contributed by atoms with Gasteiger partial charge in [-0.3, -0.25) is 0 Å². The fourth-order valence-corrected chi connectivity index (χ4v) is 3.71. The molecule has 0 spiro atoms. The van der Waals surface area contributed by atoms with Gasteiger partial charge in [0, 0.05) is 17.1 Å². The van der Waals surface area contributed by atoms with Crippen LogP contribution in [0.1, 0.15) is 60.3 Å². The standard InChI is InChI=1S/C14H30N2O/c1-7-8-12(15)11-9-13(2,3)16(17-6)14(4,5)10-11/h11-12H,7-10,15H2,1-6H3. The number of hydrogen-bond donors (Lipinski definition) is 1. The van der Waals surface area contributed by atoms with Crippen LogP contribution in [0.3, 0.4) is 0 Å². The number of hydroxylamine groups is 2. The van der Waals surface area contributed by atoms with Gasteiger partial charge in [0.2, 0.25) is 0 Å². The third-order valence-electron chi connectivity index (χ3n) is 4.03. The quantitative estimate of drug-likeness (QED) is 0.823. The molecule has 1 aliphatic heterocycles. The second-order valence-electron chi connectivity index (χ2n) is 6.72. The minimum Gasteiger partial charge on any atom is -0.327 e. The molecule has 2 N–H and O–H groups in total. The Bertz CT molecular complexity index is 233. The van der Waals surface area contributed by atoms with Crippen molar-refractivity contribution in [3.05, 3.63) is 0 Å². The zero-order chi connectivity index (χ0) is 13.3. The lowest BCUT2D eigenvalue weighted by atomic mass is 9.72. The molecule has 0 amide bonds. The Hall–Kier alpha value is -0.120. The number of rotatable bonds is 4. The van der Waals surface area contributed by atoms with Crippen molar-refractivity contribution in [1.29, 1.82) is 0 Å². The van der Waals surface area contributed by atoms with Gasteiger partial charge in [0.1, 0.15) is 0 Å². The molecule has 1 rings (SSSR count). The first-order chi connectivity index (χ1) is 7.74. The Morgan fingerprint density at radius 2 is 1.71 bits per heavy atom. The van der Waals surface area contributed by atoms with Gasteiger partial charge in [-0.2, -0.15) is 5.06 Å². The highest BCUT2D eigenvalue weighted by Crippen LogP contribution is 2.42. The Labute approximate surface area is 107 Å². The molecule has 17 heavy (non-hydrogen) atoms. The van der Waals surface area contributed by atoms with Crippen LogP contribution in [0.25, 0.3) is 0 Å². The van der Waals surface area contributed by atoms with Crippen LogP contribution < -0.4 is 5.73 Å². The average Bonchev–Trinajstić information content (AvgIpc) is 2.14. The summed E-state index contributed by atoms with van der Waals surface area (Å²) in [4.78, 5) is 5.60. The third-order valence-corrected chi connectivity index (χ3v) is 4.03. The van der Waals surface area contributed by atoms with Gasteiger partial charge in [0.15, 0.2) is 0 Å². The summed E-state index contributed by atoms with van der Waals surface area (Å²) in [7, 11) is 1.77. The van der Waals surface area contributed by atoms with Gasteiger partial charge >= 0.3 is 0 Å². The minimum atomic E-state index is 0.0620. The highest BCUT2D eigenvalue weighted by Gasteiger charge is 2.47. The first-order valence-electron chi connectivity index (χ1n) is 6.84. The second kappa shape index (κ2) is 5.25. The summed E-state index contributed by atoms with van der Waals surface area (Å²) >= 11 is 0. The van der Waals surface area contributed by atoms with Crippen molar-refractivity contribution in [2.24, 2.45) is 11.7 Å². The molecule has 1 atom stereocenters. The van der Waals surface area contributed by atoms with Crippen LogP contribution in [-0.4, -0.2) is 29.3 Å². The Morgan fingerprint density at radius 3 is 2.06 bits per heavy atom. The lowest BCUT2D eigenvalue weighted by molar-refractivity contribution is -0.272. The van der Waals surface area contributed by atoms with Gasteiger partial charge in [-0.1, -0.05) is 13.3 Å². The monoisotopic (exact) mass is 242 g/mol. The van der Waals surface area contributed by atoms with Crippen molar-refractivity contribution in [1.82, 2.24) is 5.06 Å². The van der Waals surface area contributed by atoms with Crippen molar-refractivity contribution in [2.45, 2.75) is 77.4 Å². The summed E-state index contributed by atoms with van der Waals surface area (Å²) in [6.45, 7) is 11.2. The van der Waals surface area contributed by atoms with Crippen molar-refractivity contribution < 1.29 is 4.84 Å². The molecule has 1 fully saturated rings. The van der Waals surface area contributed by atoms with E-state index < -0.39 is 0 Å². The van der Waals surface area contributed by atoms with Crippen LogP contribution in [0.4, 0.5) is 0 Å². The smallest absolute Gasteiger partial charge is 0.0575 e. The lowest BCUT2D eigenvalue weighted by Crippen LogP contribution is -2.61. The topological polar surface area (TPSA) is 38.5 Å². The largest absolute Gasteiger partial charge is 0.327 e. The molecule has 1 unspecified atom stereocenters. The first kappa shape index (κ1) is 14.9. The van der Waals surface area contributed by atoms with Crippen LogP contribution in [0.2, 0.25) is 0 Å². The summed E-state index contributed by atoms with van der Waals surface area (Å²) in [6, 6.07) is 0.331. The molecule has 1 heterocycles. The molecule has 0 aliphatic carbocycles. The van der Waals surface area contributed by atoms with E-state index in [1.807, 2.05) is 0 Å².